The van der Waals surface area contributed by atoms with E-state index in [1.165, 1.54) is 25.7 Å². The summed E-state index contributed by atoms with van der Waals surface area (Å²) in [6.45, 7) is 7.79. The minimum atomic E-state index is -0.340. The fraction of sp³-hybridized carbons (Fsp3) is 0.667. The molecule has 5 heteroatoms. The number of hydrogen-bond acceptors (Lipinski definition) is 4. The summed E-state index contributed by atoms with van der Waals surface area (Å²) in [6.07, 6.45) is 5.51. The predicted octanol–water partition coefficient (Wildman–Crippen LogP) is 3.29. The number of benzene rings is 1. The van der Waals surface area contributed by atoms with E-state index in [1.807, 2.05) is 12.1 Å². The van der Waals surface area contributed by atoms with Gasteiger partial charge in [-0.25, -0.2) is 0 Å². The number of nitro groups is 1. The Kier molecular flexibility index (Phi) is 5.28. The molecule has 0 unspecified atom stereocenters. The molecule has 0 N–H and O–H groups in total. The zero-order valence-electron chi connectivity index (χ0n) is 14.0. The predicted molar refractivity (Wildman–Crippen MR) is 91.4 cm³/mol. The van der Waals surface area contributed by atoms with Gasteiger partial charge in [-0.15, -0.1) is 0 Å². The van der Waals surface area contributed by atoms with Crippen molar-refractivity contribution in [3.05, 3.63) is 39.9 Å². The molecular weight excluding hydrogens is 290 g/mol. The number of hydrogen-bond donors (Lipinski definition) is 0. The van der Waals surface area contributed by atoms with Crippen LogP contribution >= 0.6 is 0 Å². The molecule has 1 heterocycles. The molecule has 0 bridgehead atoms. The average Bonchev–Trinajstić information content (AvgIpc) is 2.56. The van der Waals surface area contributed by atoms with E-state index < -0.39 is 0 Å². The van der Waals surface area contributed by atoms with Crippen LogP contribution in [0.1, 0.15) is 38.2 Å². The van der Waals surface area contributed by atoms with Crippen molar-refractivity contribution in [1.29, 1.82) is 0 Å². The Morgan fingerprint density at radius 1 is 1.13 bits per heavy atom. The van der Waals surface area contributed by atoms with Gasteiger partial charge in [-0.05, 0) is 24.3 Å². The Morgan fingerprint density at radius 3 is 2.43 bits per heavy atom. The molecule has 3 rings (SSSR count). The molecular formula is C18H27N3O2. The van der Waals surface area contributed by atoms with Gasteiger partial charge in [0.05, 0.1) is 4.92 Å². The maximum atomic E-state index is 10.7. The van der Waals surface area contributed by atoms with Gasteiger partial charge in [0.2, 0.25) is 0 Å². The van der Waals surface area contributed by atoms with E-state index in [9.17, 15) is 10.1 Å². The Balaban J connectivity index is 1.48. The van der Waals surface area contributed by atoms with Crippen LogP contribution in [0.5, 0.6) is 0 Å². The van der Waals surface area contributed by atoms with Gasteiger partial charge in [0, 0.05) is 50.9 Å². The third-order valence-corrected chi connectivity index (χ3v) is 5.39. The average molecular weight is 317 g/mol. The first-order valence-corrected chi connectivity index (χ1v) is 8.81. The topological polar surface area (TPSA) is 49.6 Å². The lowest BCUT2D eigenvalue weighted by Gasteiger charge is -2.42. The van der Waals surface area contributed by atoms with Crippen molar-refractivity contribution in [2.75, 3.05) is 26.2 Å². The van der Waals surface area contributed by atoms with Gasteiger partial charge in [-0.2, -0.15) is 0 Å². The SMILES string of the molecule is C[C@H]1CCC[C@H](N2CCN(Cc3ccc([N+](=O)[O-])cc3)CC2)C1. The highest BCUT2D eigenvalue weighted by Crippen LogP contribution is 2.28. The van der Waals surface area contributed by atoms with Gasteiger partial charge in [0.1, 0.15) is 0 Å². The van der Waals surface area contributed by atoms with Crippen molar-refractivity contribution < 1.29 is 4.92 Å². The molecule has 1 aliphatic carbocycles. The number of rotatable bonds is 4. The summed E-state index contributed by atoms with van der Waals surface area (Å²) in [5.41, 5.74) is 1.33. The van der Waals surface area contributed by atoms with E-state index in [2.05, 4.69) is 16.7 Å². The Morgan fingerprint density at radius 2 is 1.83 bits per heavy atom. The maximum absolute atomic E-state index is 10.7. The number of nitro benzene ring substituents is 1. The van der Waals surface area contributed by atoms with E-state index >= 15 is 0 Å². The van der Waals surface area contributed by atoms with Crippen LogP contribution in [0.4, 0.5) is 5.69 Å². The second-order valence-corrected chi connectivity index (χ2v) is 7.16. The standard InChI is InChI=1S/C18H27N3O2/c1-15-3-2-4-18(13-15)20-11-9-19(10-12-20)14-16-5-7-17(8-6-16)21(22)23/h5-8,15,18H,2-4,9-14H2,1H3/t15-,18-/m0/s1. The smallest absolute Gasteiger partial charge is 0.269 e. The fourth-order valence-corrected chi connectivity index (χ4v) is 4.00. The second-order valence-electron chi connectivity index (χ2n) is 7.16. The third kappa shape index (κ3) is 4.30. The maximum Gasteiger partial charge on any atom is 0.269 e. The molecule has 5 nitrogen and oxygen atoms in total. The fourth-order valence-electron chi connectivity index (χ4n) is 4.00. The minimum absolute atomic E-state index is 0.171. The molecule has 1 saturated heterocycles. The normalized spacial score (nSPS) is 27.0. The molecule has 0 radical (unpaired) electrons. The molecule has 1 aromatic carbocycles. The molecule has 1 aliphatic heterocycles. The van der Waals surface area contributed by atoms with Crippen molar-refractivity contribution in [3.8, 4) is 0 Å². The first-order chi connectivity index (χ1) is 11.1. The van der Waals surface area contributed by atoms with Crippen LogP contribution in [0, 0.1) is 16.0 Å². The molecule has 2 aliphatic rings. The van der Waals surface area contributed by atoms with Crippen LogP contribution in [0.25, 0.3) is 0 Å². The monoisotopic (exact) mass is 317 g/mol. The zero-order valence-corrected chi connectivity index (χ0v) is 14.0. The van der Waals surface area contributed by atoms with Crippen molar-refractivity contribution in [2.45, 2.75) is 45.2 Å². The molecule has 0 amide bonds. The summed E-state index contributed by atoms with van der Waals surface area (Å²) < 4.78 is 0. The summed E-state index contributed by atoms with van der Waals surface area (Å²) in [7, 11) is 0. The lowest BCUT2D eigenvalue weighted by atomic mass is 9.86. The molecule has 126 valence electrons. The second kappa shape index (κ2) is 7.41. The van der Waals surface area contributed by atoms with Gasteiger partial charge in [-0.1, -0.05) is 31.9 Å². The minimum Gasteiger partial charge on any atom is -0.298 e. The zero-order chi connectivity index (χ0) is 16.2. The first kappa shape index (κ1) is 16.4. The van der Waals surface area contributed by atoms with Crippen molar-refractivity contribution in [1.82, 2.24) is 9.80 Å². The molecule has 2 fully saturated rings. The lowest BCUT2D eigenvalue weighted by molar-refractivity contribution is -0.384. The van der Waals surface area contributed by atoms with Gasteiger partial charge < -0.3 is 0 Å². The van der Waals surface area contributed by atoms with Gasteiger partial charge in [-0.3, -0.25) is 19.9 Å². The number of non-ortho nitro benzene ring substituents is 1. The quantitative estimate of drug-likeness (QED) is 0.631. The Labute approximate surface area is 138 Å². The summed E-state index contributed by atoms with van der Waals surface area (Å²) in [5.74, 6) is 0.881. The Bertz CT molecular complexity index is 524. The molecule has 2 atom stereocenters. The van der Waals surface area contributed by atoms with Crippen LogP contribution < -0.4 is 0 Å². The summed E-state index contributed by atoms with van der Waals surface area (Å²) in [6, 6.07) is 7.77. The van der Waals surface area contributed by atoms with Crippen molar-refractivity contribution >= 4 is 5.69 Å². The van der Waals surface area contributed by atoms with Crippen LogP contribution in [-0.2, 0) is 6.54 Å². The molecule has 1 saturated carbocycles. The van der Waals surface area contributed by atoms with Crippen LogP contribution in [-0.4, -0.2) is 46.9 Å². The summed E-state index contributed by atoms with van der Waals surface area (Å²) >= 11 is 0. The van der Waals surface area contributed by atoms with Crippen LogP contribution in [0.2, 0.25) is 0 Å². The van der Waals surface area contributed by atoms with Gasteiger partial charge in [0.25, 0.3) is 5.69 Å². The Hall–Kier alpha value is -1.46. The molecule has 0 spiro atoms. The van der Waals surface area contributed by atoms with E-state index in [0.717, 1.165) is 50.2 Å². The van der Waals surface area contributed by atoms with E-state index in [4.69, 9.17) is 0 Å². The summed E-state index contributed by atoms with van der Waals surface area (Å²) in [4.78, 5) is 15.5. The molecule has 0 aromatic heterocycles. The van der Waals surface area contributed by atoms with Crippen LogP contribution in [0.3, 0.4) is 0 Å². The number of nitrogens with zero attached hydrogens (tertiary/aromatic N) is 3. The third-order valence-electron chi connectivity index (χ3n) is 5.39. The summed E-state index contributed by atoms with van der Waals surface area (Å²) in [5, 5.41) is 10.7. The number of piperazine rings is 1. The van der Waals surface area contributed by atoms with Crippen molar-refractivity contribution in [2.24, 2.45) is 5.92 Å². The van der Waals surface area contributed by atoms with Gasteiger partial charge >= 0.3 is 0 Å². The lowest BCUT2D eigenvalue weighted by Crippen LogP contribution is -2.50. The highest BCUT2D eigenvalue weighted by atomic mass is 16.6. The molecule has 1 aromatic rings. The van der Waals surface area contributed by atoms with E-state index in [-0.39, 0.29) is 10.6 Å². The largest absolute Gasteiger partial charge is 0.298 e. The van der Waals surface area contributed by atoms with Crippen LogP contribution in [0.15, 0.2) is 24.3 Å². The first-order valence-electron chi connectivity index (χ1n) is 8.81. The van der Waals surface area contributed by atoms with E-state index in [1.54, 1.807) is 12.1 Å². The van der Waals surface area contributed by atoms with E-state index in [0.29, 0.717) is 0 Å². The highest BCUT2D eigenvalue weighted by molar-refractivity contribution is 5.32. The highest BCUT2D eigenvalue weighted by Gasteiger charge is 2.27. The van der Waals surface area contributed by atoms with Gasteiger partial charge in [0.15, 0.2) is 0 Å². The molecule has 23 heavy (non-hydrogen) atoms. The van der Waals surface area contributed by atoms with Crippen molar-refractivity contribution in [3.63, 3.8) is 0 Å².